The normalized spacial score (nSPS) is 14.7. The zero-order valence-electron chi connectivity index (χ0n) is 12.6. The predicted octanol–water partition coefficient (Wildman–Crippen LogP) is 1.18. The van der Waals surface area contributed by atoms with Gasteiger partial charge in [-0.2, -0.15) is 0 Å². The summed E-state index contributed by atoms with van der Waals surface area (Å²) in [7, 11) is 2.70. The van der Waals surface area contributed by atoms with E-state index in [1.165, 1.54) is 31.3 Å². The van der Waals surface area contributed by atoms with Gasteiger partial charge in [0.15, 0.2) is 18.1 Å². The summed E-state index contributed by atoms with van der Waals surface area (Å²) in [5.41, 5.74) is 0.647. The summed E-state index contributed by atoms with van der Waals surface area (Å²) in [6.45, 7) is 1.56. The number of amides is 1. The third-order valence-electron chi connectivity index (χ3n) is 3.45. The standard InChI is InChI=1S/C15H17NO6/c1-4-10(15(19)21-3)16-11-5-9(7-17)6-12(20-2)14(11)22-8-13(16)18/h5-7,10H,4,8H2,1-3H3. The van der Waals surface area contributed by atoms with Gasteiger partial charge < -0.3 is 14.2 Å². The van der Waals surface area contributed by atoms with Crippen LogP contribution in [0.25, 0.3) is 0 Å². The Kier molecular flexibility index (Phi) is 4.65. The molecule has 22 heavy (non-hydrogen) atoms. The molecular weight excluding hydrogens is 290 g/mol. The van der Waals surface area contributed by atoms with E-state index in [0.29, 0.717) is 35.5 Å². The van der Waals surface area contributed by atoms with Crippen LogP contribution in [0.1, 0.15) is 23.7 Å². The van der Waals surface area contributed by atoms with Crippen LogP contribution in [-0.2, 0) is 14.3 Å². The molecule has 0 aromatic heterocycles. The molecule has 0 saturated heterocycles. The third kappa shape index (κ3) is 2.61. The monoisotopic (exact) mass is 307 g/mol. The molecule has 7 nitrogen and oxygen atoms in total. The number of anilines is 1. The summed E-state index contributed by atoms with van der Waals surface area (Å²) in [5.74, 6) is -0.249. The Morgan fingerprint density at radius 3 is 2.73 bits per heavy atom. The van der Waals surface area contributed by atoms with E-state index in [2.05, 4.69) is 0 Å². The minimum atomic E-state index is -0.785. The quantitative estimate of drug-likeness (QED) is 0.600. The summed E-state index contributed by atoms with van der Waals surface area (Å²) >= 11 is 0. The Hall–Kier alpha value is -2.57. The van der Waals surface area contributed by atoms with Crippen LogP contribution in [0.2, 0.25) is 0 Å². The molecule has 0 spiro atoms. The van der Waals surface area contributed by atoms with Gasteiger partial charge in [-0.1, -0.05) is 6.92 Å². The highest BCUT2D eigenvalue weighted by Gasteiger charge is 2.37. The molecule has 0 radical (unpaired) electrons. The molecule has 0 aliphatic carbocycles. The van der Waals surface area contributed by atoms with Crippen LogP contribution >= 0.6 is 0 Å². The summed E-state index contributed by atoms with van der Waals surface area (Å²) in [5, 5.41) is 0. The lowest BCUT2D eigenvalue weighted by molar-refractivity contribution is -0.144. The number of benzene rings is 1. The predicted molar refractivity (Wildman–Crippen MR) is 77.5 cm³/mol. The SMILES string of the molecule is CCC(C(=O)OC)N1C(=O)COc2c(OC)cc(C=O)cc21. The molecule has 1 aromatic carbocycles. The number of hydrogen-bond acceptors (Lipinski definition) is 6. The Morgan fingerprint density at radius 1 is 1.45 bits per heavy atom. The second kappa shape index (κ2) is 6.46. The van der Waals surface area contributed by atoms with Crippen LogP contribution in [0.15, 0.2) is 12.1 Å². The molecule has 1 aliphatic heterocycles. The van der Waals surface area contributed by atoms with E-state index in [9.17, 15) is 14.4 Å². The minimum absolute atomic E-state index is 0.211. The first kappa shape index (κ1) is 15.8. The van der Waals surface area contributed by atoms with Crippen LogP contribution in [-0.4, -0.2) is 45.0 Å². The maximum atomic E-state index is 12.2. The first-order chi connectivity index (χ1) is 10.6. The lowest BCUT2D eigenvalue weighted by Crippen LogP contribution is -2.49. The fourth-order valence-corrected chi connectivity index (χ4v) is 2.42. The van der Waals surface area contributed by atoms with Gasteiger partial charge in [-0.05, 0) is 18.6 Å². The smallest absolute Gasteiger partial charge is 0.328 e. The van der Waals surface area contributed by atoms with Gasteiger partial charge in [-0.15, -0.1) is 0 Å². The zero-order chi connectivity index (χ0) is 16.3. The van der Waals surface area contributed by atoms with Gasteiger partial charge in [-0.3, -0.25) is 14.5 Å². The highest BCUT2D eigenvalue weighted by Crippen LogP contribution is 2.42. The van der Waals surface area contributed by atoms with Crippen molar-refractivity contribution in [3.05, 3.63) is 17.7 Å². The first-order valence-corrected chi connectivity index (χ1v) is 6.77. The number of aldehydes is 1. The summed E-state index contributed by atoms with van der Waals surface area (Å²) in [4.78, 5) is 36.6. The van der Waals surface area contributed by atoms with Crippen molar-refractivity contribution in [1.29, 1.82) is 0 Å². The van der Waals surface area contributed by atoms with Crippen molar-refractivity contribution >= 4 is 23.9 Å². The van der Waals surface area contributed by atoms with Crippen LogP contribution in [0.3, 0.4) is 0 Å². The van der Waals surface area contributed by atoms with Crippen molar-refractivity contribution in [2.75, 3.05) is 25.7 Å². The van der Waals surface area contributed by atoms with Crippen molar-refractivity contribution in [3.8, 4) is 11.5 Å². The lowest BCUT2D eigenvalue weighted by Gasteiger charge is -2.34. The molecule has 1 aromatic rings. The number of esters is 1. The van der Waals surface area contributed by atoms with E-state index in [1.54, 1.807) is 6.92 Å². The first-order valence-electron chi connectivity index (χ1n) is 6.77. The summed E-state index contributed by atoms with van der Waals surface area (Å²) in [6.07, 6.45) is 1.00. The molecule has 0 saturated carbocycles. The number of hydrogen-bond donors (Lipinski definition) is 0. The average molecular weight is 307 g/mol. The Morgan fingerprint density at radius 2 is 2.18 bits per heavy atom. The van der Waals surface area contributed by atoms with E-state index in [4.69, 9.17) is 14.2 Å². The molecule has 1 unspecified atom stereocenters. The molecule has 118 valence electrons. The Bertz CT molecular complexity index is 612. The lowest BCUT2D eigenvalue weighted by atomic mass is 10.1. The minimum Gasteiger partial charge on any atom is -0.493 e. The summed E-state index contributed by atoms with van der Waals surface area (Å²) in [6, 6.07) is 2.22. The van der Waals surface area contributed by atoms with E-state index in [1.807, 2.05) is 0 Å². The van der Waals surface area contributed by atoms with Gasteiger partial charge >= 0.3 is 5.97 Å². The van der Waals surface area contributed by atoms with Gasteiger partial charge in [-0.25, -0.2) is 4.79 Å². The number of fused-ring (bicyclic) bond motifs is 1. The molecule has 0 bridgehead atoms. The van der Waals surface area contributed by atoms with E-state index < -0.39 is 12.0 Å². The fraction of sp³-hybridized carbons (Fsp3) is 0.400. The molecule has 1 heterocycles. The second-order valence-electron chi connectivity index (χ2n) is 4.69. The van der Waals surface area contributed by atoms with Gasteiger partial charge in [0.25, 0.3) is 5.91 Å². The van der Waals surface area contributed by atoms with E-state index in [-0.39, 0.29) is 12.5 Å². The number of nitrogens with zero attached hydrogens (tertiary/aromatic N) is 1. The van der Waals surface area contributed by atoms with Gasteiger partial charge in [0.2, 0.25) is 0 Å². The van der Waals surface area contributed by atoms with Crippen molar-refractivity contribution in [2.24, 2.45) is 0 Å². The van der Waals surface area contributed by atoms with Crippen LogP contribution < -0.4 is 14.4 Å². The molecule has 1 atom stereocenters. The maximum Gasteiger partial charge on any atom is 0.328 e. The highest BCUT2D eigenvalue weighted by molar-refractivity contribution is 6.04. The van der Waals surface area contributed by atoms with Crippen molar-refractivity contribution in [1.82, 2.24) is 0 Å². The van der Waals surface area contributed by atoms with Gasteiger partial charge in [0.1, 0.15) is 12.3 Å². The van der Waals surface area contributed by atoms with Crippen LogP contribution in [0.5, 0.6) is 11.5 Å². The number of carbonyl (C=O) groups excluding carboxylic acids is 3. The zero-order valence-corrected chi connectivity index (χ0v) is 12.6. The molecule has 2 rings (SSSR count). The Labute approximate surface area is 127 Å². The molecule has 0 fully saturated rings. The van der Waals surface area contributed by atoms with Crippen molar-refractivity contribution in [2.45, 2.75) is 19.4 Å². The van der Waals surface area contributed by atoms with E-state index in [0.717, 1.165) is 0 Å². The highest BCUT2D eigenvalue weighted by atomic mass is 16.5. The fourth-order valence-electron chi connectivity index (χ4n) is 2.42. The van der Waals surface area contributed by atoms with Gasteiger partial charge in [0.05, 0.1) is 19.9 Å². The largest absolute Gasteiger partial charge is 0.493 e. The average Bonchev–Trinajstić information content (AvgIpc) is 2.55. The van der Waals surface area contributed by atoms with Crippen LogP contribution in [0.4, 0.5) is 5.69 Å². The second-order valence-corrected chi connectivity index (χ2v) is 4.69. The number of methoxy groups -OCH3 is 2. The van der Waals surface area contributed by atoms with Crippen molar-refractivity contribution < 1.29 is 28.6 Å². The topological polar surface area (TPSA) is 82.1 Å². The molecule has 1 aliphatic rings. The van der Waals surface area contributed by atoms with Gasteiger partial charge in [0, 0.05) is 5.56 Å². The Balaban J connectivity index is 2.60. The molecule has 0 N–H and O–H groups in total. The third-order valence-corrected chi connectivity index (χ3v) is 3.45. The van der Waals surface area contributed by atoms with Crippen LogP contribution in [0, 0.1) is 0 Å². The molecule has 1 amide bonds. The maximum absolute atomic E-state index is 12.2. The summed E-state index contributed by atoms with van der Waals surface area (Å²) < 4.78 is 15.4. The molecular formula is C15H17NO6. The van der Waals surface area contributed by atoms with E-state index >= 15 is 0 Å². The number of rotatable bonds is 5. The number of ether oxygens (including phenoxy) is 3. The van der Waals surface area contributed by atoms with Crippen molar-refractivity contribution in [3.63, 3.8) is 0 Å². The number of carbonyl (C=O) groups is 3. The molecule has 7 heteroatoms.